The van der Waals surface area contributed by atoms with E-state index in [-0.39, 0.29) is 35.9 Å². The molecule has 0 saturated heterocycles. The van der Waals surface area contributed by atoms with E-state index in [4.69, 9.17) is 10.5 Å². The lowest BCUT2D eigenvalue weighted by molar-refractivity contribution is -0.383. The maximum atomic E-state index is 11.7. The van der Waals surface area contributed by atoms with Gasteiger partial charge in [0.25, 0.3) is 0 Å². The van der Waals surface area contributed by atoms with Gasteiger partial charge < -0.3 is 21.0 Å². The number of anilines is 3. The third-order valence-corrected chi connectivity index (χ3v) is 6.93. The van der Waals surface area contributed by atoms with Gasteiger partial charge in [-0.1, -0.05) is 5.16 Å². The fraction of sp³-hybridized carbons (Fsp3) is 0.650. The summed E-state index contributed by atoms with van der Waals surface area (Å²) in [7, 11) is 0. The minimum absolute atomic E-state index is 0.0290. The SMILES string of the molecule is CCOC(=O)Nc1cc(NC/C(=N\O)C23CC4CC(CC(C4)C2)C3)c([N+](=O)[O-])c(N)n1. The van der Waals surface area contributed by atoms with Gasteiger partial charge in [-0.2, -0.15) is 0 Å². The number of nitro groups is 1. The molecular weight excluding hydrogens is 404 g/mol. The molecule has 0 spiro atoms. The van der Waals surface area contributed by atoms with Gasteiger partial charge in [-0.05, 0) is 63.2 Å². The molecule has 5 rings (SSSR count). The summed E-state index contributed by atoms with van der Waals surface area (Å²) in [5, 5.41) is 30.5. The van der Waals surface area contributed by atoms with Crippen LogP contribution in [0, 0.1) is 33.3 Å². The van der Waals surface area contributed by atoms with Crippen molar-refractivity contribution in [2.75, 3.05) is 29.5 Å². The lowest BCUT2D eigenvalue weighted by Crippen LogP contribution is -2.51. The molecule has 11 heteroatoms. The van der Waals surface area contributed by atoms with Crippen LogP contribution < -0.4 is 16.4 Å². The maximum Gasteiger partial charge on any atom is 0.412 e. The molecule has 5 N–H and O–H groups in total. The van der Waals surface area contributed by atoms with Crippen LogP contribution in [0.3, 0.4) is 0 Å². The predicted octanol–water partition coefficient (Wildman–Crippen LogP) is 3.60. The number of carbonyl (C=O) groups is 1. The van der Waals surface area contributed by atoms with Crippen LogP contribution in [0.5, 0.6) is 0 Å². The molecule has 0 radical (unpaired) electrons. The van der Waals surface area contributed by atoms with Crippen molar-refractivity contribution >= 4 is 34.8 Å². The van der Waals surface area contributed by atoms with Gasteiger partial charge in [0.1, 0.15) is 11.5 Å². The molecule has 4 aliphatic rings. The number of nitrogens with two attached hydrogens (primary N) is 1. The summed E-state index contributed by atoms with van der Waals surface area (Å²) in [6.45, 7) is 1.97. The highest BCUT2D eigenvalue weighted by Gasteiger charge is 2.53. The second-order valence-corrected chi connectivity index (χ2v) is 8.99. The lowest BCUT2D eigenvalue weighted by Gasteiger charge is -2.56. The van der Waals surface area contributed by atoms with E-state index in [1.165, 1.54) is 25.3 Å². The van der Waals surface area contributed by atoms with Crippen LogP contribution in [-0.2, 0) is 4.74 Å². The quantitative estimate of drug-likeness (QED) is 0.219. The van der Waals surface area contributed by atoms with E-state index in [9.17, 15) is 20.1 Å². The van der Waals surface area contributed by atoms with Gasteiger partial charge >= 0.3 is 11.8 Å². The Balaban J connectivity index is 1.55. The van der Waals surface area contributed by atoms with Crippen molar-refractivity contribution in [2.24, 2.45) is 28.3 Å². The van der Waals surface area contributed by atoms with E-state index in [1.54, 1.807) is 6.92 Å². The van der Waals surface area contributed by atoms with Gasteiger partial charge in [-0.15, -0.1) is 0 Å². The number of nitrogen functional groups attached to an aromatic ring is 1. The van der Waals surface area contributed by atoms with Gasteiger partial charge in [-0.3, -0.25) is 15.4 Å². The summed E-state index contributed by atoms with van der Waals surface area (Å²) in [6.07, 6.45) is 6.01. The predicted molar refractivity (Wildman–Crippen MR) is 114 cm³/mol. The molecule has 4 saturated carbocycles. The van der Waals surface area contributed by atoms with Gasteiger partial charge in [0.15, 0.2) is 0 Å². The van der Waals surface area contributed by atoms with Crippen molar-refractivity contribution in [1.82, 2.24) is 4.98 Å². The van der Waals surface area contributed by atoms with E-state index < -0.39 is 16.7 Å². The van der Waals surface area contributed by atoms with Gasteiger partial charge in [-0.25, -0.2) is 9.78 Å². The highest BCUT2D eigenvalue weighted by atomic mass is 16.6. The van der Waals surface area contributed by atoms with Crippen molar-refractivity contribution in [1.29, 1.82) is 0 Å². The van der Waals surface area contributed by atoms with E-state index in [0.717, 1.165) is 19.3 Å². The molecule has 1 amide bonds. The normalized spacial score (nSPS) is 28.9. The van der Waals surface area contributed by atoms with Crippen LogP contribution in [0.4, 0.5) is 27.8 Å². The van der Waals surface area contributed by atoms with Crippen LogP contribution in [0.25, 0.3) is 0 Å². The molecule has 168 valence electrons. The van der Waals surface area contributed by atoms with Crippen LogP contribution in [0.2, 0.25) is 0 Å². The summed E-state index contributed by atoms with van der Waals surface area (Å²) >= 11 is 0. The monoisotopic (exact) mass is 432 g/mol. The maximum absolute atomic E-state index is 11.7. The fourth-order valence-electron chi connectivity index (χ4n) is 6.19. The molecule has 4 aliphatic carbocycles. The van der Waals surface area contributed by atoms with Crippen LogP contribution in [0.15, 0.2) is 11.2 Å². The molecule has 31 heavy (non-hydrogen) atoms. The Morgan fingerprint density at radius 1 is 1.35 bits per heavy atom. The number of pyridine rings is 1. The van der Waals surface area contributed by atoms with Crippen molar-refractivity contribution in [3.05, 3.63) is 16.2 Å². The number of hydrogen-bond acceptors (Lipinski definition) is 9. The number of rotatable bonds is 7. The Labute approximate surface area is 179 Å². The zero-order chi connectivity index (χ0) is 22.2. The van der Waals surface area contributed by atoms with Gasteiger partial charge in [0.05, 0.1) is 23.8 Å². The molecule has 0 aliphatic heterocycles. The number of amides is 1. The third kappa shape index (κ3) is 4.08. The molecule has 0 atom stereocenters. The summed E-state index contributed by atoms with van der Waals surface area (Å²) < 4.78 is 4.82. The standard InChI is InChI=1S/C20H28N6O5/c1-2-31-19(27)24-16-6-14(17(26(29)30)18(21)23-16)22-10-15(25-28)20-7-11-3-12(8-20)5-13(4-11)9-20/h6,11-13,28H,2-5,7-10H2,1H3,(H4,21,22,23,24,27)/b25-15+. The topological polar surface area (TPSA) is 165 Å². The van der Waals surface area contributed by atoms with Crippen molar-refractivity contribution in [3.8, 4) is 0 Å². The Morgan fingerprint density at radius 3 is 2.48 bits per heavy atom. The second kappa shape index (κ2) is 8.20. The highest BCUT2D eigenvalue weighted by molar-refractivity contribution is 5.95. The summed E-state index contributed by atoms with van der Waals surface area (Å²) in [5.41, 5.74) is 5.96. The first-order valence-corrected chi connectivity index (χ1v) is 10.7. The summed E-state index contributed by atoms with van der Waals surface area (Å²) in [5.74, 6) is 1.68. The minimum atomic E-state index is -0.736. The molecular formula is C20H28N6O5. The average Bonchev–Trinajstić information content (AvgIpc) is 2.66. The van der Waals surface area contributed by atoms with E-state index in [1.807, 2.05) is 0 Å². The molecule has 4 bridgehead atoms. The number of nitrogens with one attached hydrogen (secondary N) is 2. The van der Waals surface area contributed by atoms with Crippen molar-refractivity contribution in [3.63, 3.8) is 0 Å². The van der Waals surface area contributed by atoms with Gasteiger partial charge in [0, 0.05) is 11.5 Å². The number of hydrogen-bond donors (Lipinski definition) is 4. The number of ether oxygens (including phenoxy) is 1. The summed E-state index contributed by atoms with van der Waals surface area (Å²) in [4.78, 5) is 26.5. The molecule has 4 fully saturated rings. The fourth-order valence-corrected chi connectivity index (χ4v) is 6.19. The first-order chi connectivity index (χ1) is 14.8. The molecule has 1 heterocycles. The first kappa shape index (κ1) is 21.1. The van der Waals surface area contributed by atoms with Crippen LogP contribution in [0.1, 0.15) is 45.4 Å². The largest absolute Gasteiger partial charge is 0.450 e. The zero-order valence-corrected chi connectivity index (χ0v) is 17.5. The van der Waals surface area contributed by atoms with Crippen LogP contribution >= 0.6 is 0 Å². The first-order valence-electron chi connectivity index (χ1n) is 10.7. The Hall–Kier alpha value is -3.11. The number of aromatic nitrogens is 1. The van der Waals surface area contributed by atoms with E-state index >= 15 is 0 Å². The molecule has 1 aromatic rings. The highest BCUT2D eigenvalue weighted by Crippen LogP contribution is 2.60. The number of carbonyl (C=O) groups excluding carboxylic acids is 1. The molecule has 1 aromatic heterocycles. The van der Waals surface area contributed by atoms with Crippen molar-refractivity contribution in [2.45, 2.75) is 45.4 Å². The molecule has 0 unspecified atom stereocenters. The van der Waals surface area contributed by atoms with Gasteiger partial charge in [0.2, 0.25) is 5.82 Å². The third-order valence-electron chi connectivity index (χ3n) is 6.93. The van der Waals surface area contributed by atoms with E-state index in [2.05, 4.69) is 20.8 Å². The number of oxime groups is 1. The van der Waals surface area contributed by atoms with Crippen LogP contribution in [-0.4, -0.2) is 40.1 Å². The van der Waals surface area contributed by atoms with Crippen molar-refractivity contribution < 1.29 is 19.7 Å². The Morgan fingerprint density at radius 2 is 1.97 bits per heavy atom. The average molecular weight is 432 g/mol. The second-order valence-electron chi connectivity index (χ2n) is 8.99. The summed E-state index contributed by atoms with van der Waals surface area (Å²) in [6, 6.07) is 1.33. The Kier molecular flexibility index (Phi) is 5.59. The van der Waals surface area contributed by atoms with E-state index in [0.29, 0.717) is 23.5 Å². The lowest BCUT2D eigenvalue weighted by atomic mass is 9.48. The smallest absolute Gasteiger partial charge is 0.412 e. The number of nitrogens with zero attached hydrogens (tertiary/aromatic N) is 3. The molecule has 11 nitrogen and oxygen atoms in total. The Bertz CT molecular complexity index is 882. The minimum Gasteiger partial charge on any atom is -0.450 e. The molecule has 0 aromatic carbocycles. The zero-order valence-electron chi connectivity index (χ0n) is 17.5.